The molecule has 1 N–H and O–H groups in total. The van der Waals surface area contributed by atoms with Gasteiger partial charge in [0, 0.05) is 11.3 Å². The highest BCUT2D eigenvalue weighted by molar-refractivity contribution is 7.91. The van der Waals surface area contributed by atoms with Crippen molar-refractivity contribution in [3.05, 3.63) is 52.8 Å². The van der Waals surface area contributed by atoms with E-state index < -0.39 is 9.84 Å². The van der Waals surface area contributed by atoms with E-state index in [9.17, 15) is 17.9 Å². The zero-order chi connectivity index (χ0) is 19.4. The lowest BCUT2D eigenvalue weighted by atomic mass is 9.94. The number of aliphatic hydroxyl groups is 1. The first kappa shape index (κ1) is 19.8. The summed E-state index contributed by atoms with van der Waals surface area (Å²) in [6.45, 7) is 1.68. The van der Waals surface area contributed by atoms with E-state index in [2.05, 4.69) is 0 Å². The third kappa shape index (κ3) is 4.68. The van der Waals surface area contributed by atoms with Crippen molar-refractivity contribution in [1.82, 2.24) is 0 Å². The van der Waals surface area contributed by atoms with Gasteiger partial charge in [-0.05, 0) is 72.2 Å². The van der Waals surface area contributed by atoms with Crippen molar-refractivity contribution < 1.29 is 22.7 Å². The van der Waals surface area contributed by atoms with Crippen molar-refractivity contribution in [2.45, 2.75) is 39.2 Å². The van der Waals surface area contributed by atoms with Gasteiger partial charge in [-0.15, -0.1) is 0 Å². The van der Waals surface area contributed by atoms with Gasteiger partial charge in [0.2, 0.25) is 0 Å². The van der Waals surface area contributed by atoms with Crippen LogP contribution in [0.15, 0.2) is 30.3 Å². The van der Waals surface area contributed by atoms with Crippen molar-refractivity contribution in [2.24, 2.45) is 0 Å². The number of benzene rings is 2. The van der Waals surface area contributed by atoms with E-state index in [0.717, 1.165) is 47.3 Å². The molecule has 0 spiro atoms. The van der Waals surface area contributed by atoms with E-state index in [1.54, 1.807) is 13.0 Å². The molecule has 0 amide bonds. The number of halogens is 1. The normalized spacial score (nSPS) is 13.6. The molecule has 0 aliphatic heterocycles. The zero-order valence-corrected chi connectivity index (χ0v) is 16.3. The highest BCUT2D eigenvalue weighted by Crippen LogP contribution is 2.36. The summed E-state index contributed by atoms with van der Waals surface area (Å²) in [6, 6.07) is 9.10. The highest BCUT2D eigenvalue weighted by Gasteiger charge is 2.18. The Hall–Kier alpha value is -1.92. The summed E-state index contributed by atoms with van der Waals surface area (Å²) in [6.07, 6.45) is 3.03. The van der Waals surface area contributed by atoms with Crippen LogP contribution in [0.4, 0.5) is 4.39 Å². The lowest BCUT2D eigenvalue weighted by Crippen LogP contribution is -2.11. The molecular weight excluding hydrogens is 367 g/mol. The predicted octanol–water partition coefficient (Wildman–Crippen LogP) is 3.68. The molecule has 27 heavy (non-hydrogen) atoms. The van der Waals surface area contributed by atoms with Gasteiger partial charge >= 0.3 is 0 Å². The molecule has 146 valence electrons. The smallest absolute Gasteiger partial charge is 0.150 e. The van der Waals surface area contributed by atoms with Gasteiger partial charge in [-0.1, -0.05) is 13.0 Å². The minimum Gasteiger partial charge on any atom is -0.494 e. The summed E-state index contributed by atoms with van der Waals surface area (Å²) in [5.74, 6) is 0.649. The number of sulfone groups is 1. The zero-order valence-electron chi connectivity index (χ0n) is 15.5. The molecule has 0 fully saturated rings. The second kappa shape index (κ2) is 8.40. The first-order chi connectivity index (χ1) is 12.9. The van der Waals surface area contributed by atoms with Gasteiger partial charge in [0.25, 0.3) is 0 Å². The topological polar surface area (TPSA) is 63.6 Å². The molecule has 0 saturated carbocycles. The molecule has 0 saturated heterocycles. The Morgan fingerprint density at radius 2 is 1.85 bits per heavy atom. The van der Waals surface area contributed by atoms with Gasteiger partial charge in [-0.2, -0.15) is 0 Å². The maximum Gasteiger partial charge on any atom is 0.150 e. The van der Waals surface area contributed by atoms with Gasteiger partial charge in [0.1, 0.15) is 21.4 Å². The third-order valence-corrected chi connectivity index (χ3v) is 6.80. The lowest BCUT2D eigenvalue weighted by molar-refractivity contribution is 0.275. The summed E-state index contributed by atoms with van der Waals surface area (Å²) in [4.78, 5) is 0. The van der Waals surface area contributed by atoms with E-state index in [0.29, 0.717) is 18.6 Å². The van der Waals surface area contributed by atoms with Crippen LogP contribution in [0, 0.1) is 5.82 Å². The number of hydrogen-bond donors (Lipinski definition) is 1. The number of fused-ring (bicyclic) bond motifs is 3. The minimum atomic E-state index is -2.97. The maximum absolute atomic E-state index is 14.0. The number of rotatable bonds is 7. The van der Waals surface area contributed by atoms with Gasteiger partial charge < -0.3 is 9.84 Å². The van der Waals surface area contributed by atoms with E-state index in [4.69, 9.17) is 4.74 Å². The Morgan fingerprint density at radius 1 is 1.11 bits per heavy atom. The molecule has 0 radical (unpaired) electrons. The molecule has 0 unspecified atom stereocenters. The average Bonchev–Trinajstić information content (AvgIpc) is 2.83. The summed E-state index contributed by atoms with van der Waals surface area (Å²) < 4.78 is 42.8. The van der Waals surface area contributed by atoms with E-state index >= 15 is 0 Å². The highest BCUT2D eigenvalue weighted by atomic mass is 32.2. The van der Waals surface area contributed by atoms with E-state index in [-0.39, 0.29) is 23.9 Å². The quantitative estimate of drug-likeness (QED) is 0.730. The fraction of sp³-hybridized carbons (Fsp3) is 0.429. The molecule has 1 aliphatic rings. The second-order valence-electron chi connectivity index (χ2n) is 6.87. The third-order valence-electron chi connectivity index (χ3n) is 5.01. The average molecular weight is 392 g/mol. The fourth-order valence-electron chi connectivity index (χ4n) is 3.45. The predicted molar refractivity (Wildman–Crippen MR) is 104 cm³/mol. The van der Waals surface area contributed by atoms with Crippen molar-refractivity contribution in [1.29, 1.82) is 0 Å². The van der Waals surface area contributed by atoms with Crippen molar-refractivity contribution in [3.8, 4) is 16.9 Å². The minimum absolute atomic E-state index is 0.136. The van der Waals surface area contributed by atoms with E-state index in [1.165, 1.54) is 6.07 Å². The van der Waals surface area contributed by atoms with Gasteiger partial charge in [0.15, 0.2) is 0 Å². The Bertz CT molecular complexity index is 922. The SMILES string of the molecule is CCS(=O)(=O)CCCOc1ccc2c(c1)CCCc1cc(F)c(CO)cc1-2. The number of hydrogen-bond acceptors (Lipinski definition) is 4. The van der Waals surface area contributed by atoms with E-state index in [1.807, 2.05) is 18.2 Å². The molecular formula is C21H25FO4S. The van der Waals surface area contributed by atoms with Crippen LogP contribution in [0.3, 0.4) is 0 Å². The van der Waals surface area contributed by atoms with Crippen molar-refractivity contribution >= 4 is 9.84 Å². The van der Waals surface area contributed by atoms with Gasteiger partial charge in [-0.25, -0.2) is 12.8 Å². The number of ether oxygens (including phenoxy) is 1. The standard InChI is InChI=1S/C21H25FO4S/c1-2-27(24,25)10-4-9-26-18-7-8-19-15(11-18)5-3-6-16-13-21(22)17(14-23)12-20(16)19/h7-8,11-13,23H,2-6,9-10,14H2,1H3. The molecule has 0 heterocycles. The summed E-state index contributed by atoms with van der Waals surface area (Å²) in [7, 11) is -2.97. The molecule has 4 nitrogen and oxygen atoms in total. The van der Waals surface area contributed by atoms with Crippen LogP contribution < -0.4 is 4.74 Å². The Morgan fingerprint density at radius 3 is 2.56 bits per heavy atom. The first-order valence-electron chi connectivity index (χ1n) is 9.32. The monoisotopic (exact) mass is 392 g/mol. The Kier molecular flexibility index (Phi) is 6.17. The molecule has 1 aliphatic carbocycles. The largest absolute Gasteiger partial charge is 0.494 e. The summed E-state index contributed by atoms with van der Waals surface area (Å²) in [5, 5.41) is 9.38. The van der Waals surface area contributed by atoms with Crippen LogP contribution >= 0.6 is 0 Å². The Labute approximate surface area is 159 Å². The van der Waals surface area contributed by atoms with Crippen LogP contribution in [-0.2, 0) is 29.3 Å². The molecule has 3 rings (SSSR count). The Balaban J connectivity index is 1.78. The van der Waals surface area contributed by atoms with Crippen molar-refractivity contribution in [2.75, 3.05) is 18.1 Å². The van der Waals surface area contributed by atoms with Crippen molar-refractivity contribution in [3.63, 3.8) is 0 Å². The molecule has 0 atom stereocenters. The van der Waals surface area contributed by atoms with Crippen LogP contribution in [0.2, 0.25) is 0 Å². The fourth-order valence-corrected chi connectivity index (χ4v) is 4.30. The maximum atomic E-state index is 14.0. The molecule has 0 aromatic heterocycles. The number of aliphatic hydroxyl groups excluding tert-OH is 1. The van der Waals surface area contributed by atoms with Crippen LogP contribution in [0.25, 0.3) is 11.1 Å². The summed E-state index contributed by atoms with van der Waals surface area (Å²) >= 11 is 0. The summed E-state index contributed by atoms with van der Waals surface area (Å²) in [5.41, 5.74) is 4.40. The molecule has 0 bridgehead atoms. The van der Waals surface area contributed by atoms with Crippen LogP contribution in [-0.4, -0.2) is 31.6 Å². The molecule has 2 aromatic rings. The number of aryl methyl sites for hydroxylation is 2. The van der Waals surface area contributed by atoms with Crippen LogP contribution in [0.1, 0.15) is 36.5 Å². The van der Waals surface area contributed by atoms with Gasteiger partial charge in [0.05, 0.1) is 19.0 Å². The van der Waals surface area contributed by atoms with Crippen LogP contribution in [0.5, 0.6) is 5.75 Å². The van der Waals surface area contributed by atoms with Gasteiger partial charge in [-0.3, -0.25) is 0 Å². The second-order valence-corrected chi connectivity index (χ2v) is 9.34. The molecule has 6 heteroatoms. The lowest BCUT2D eigenvalue weighted by Gasteiger charge is -2.14. The first-order valence-corrected chi connectivity index (χ1v) is 11.1. The molecule has 2 aromatic carbocycles.